The molecule has 7 atom stereocenters. The maximum Gasteiger partial charge on any atom is 0.389 e. The average molecular weight is 849 g/mol. The largest absolute Gasteiger partial charge is 0.389 e. The van der Waals surface area contributed by atoms with Crippen molar-refractivity contribution in [3.8, 4) is 0 Å². The van der Waals surface area contributed by atoms with Crippen LogP contribution < -0.4 is 5.32 Å². The van der Waals surface area contributed by atoms with Crippen LogP contribution in [0, 0.1) is 0 Å². The molecule has 3 aliphatic heterocycles. The van der Waals surface area contributed by atoms with Crippen LogP contribution in [0.15, 0.2) is 54.6 Å². The third-order valence-electron chi connectivity index (χ3n) is 12.6. The molecule has 1 saturated carbocycles. The topological polar surface area (TPSA) is 119 Å². The van der Waals surface area contributed by atoms with Gasteiger partial charge in [-0.3, -0.25) is 18.9 Å². The molecular weight excluding hydrogens is 796 g/mol. The second kappa shape index (κ2) is 17.3. The Balaban J connectivity index is 1.13. The molecule has 316 valence electrons. The normalized spacial score (nSPS) is 26.1. The fraction of sp³-hybridized carbons (Fsp3) is 0.595. The van der Waals surface area contributed by atoms with Gasteiger partial charge < -0.3 is 29.4 Å². The van der Waals surface area contributed by atoms with E-state index in [4.69, 9.17) is 4.52 Å². The lowest BCUT2D eigenvalue weighted by molar-refractivity contribution is -0.148. The SMILES string of the molecule is CCCOP(=O)(O)[C@H](F)c1ccc2sc(C(=O)N[C@H]3CC[C@H](N(CC)CCCC(F)(F)F)C[C@H]4CC[C@@H](C(=O)N5C[C@H](c6ccccc6)CC56CC6)N4C3=O)cc2c1. The summed E-state index contributed by atoms with van der Waals surface area (Å²) in [4.78, 5) is 59.6. The van der Waals surface area contributed by atoms with E-state index in [2.05, 4.69) is 17.4 Å². The summed E-state index contributed by atoms with van der Waals surface area (Å²) in [6, 6.07) is 13.9. The van der Waals surface area contributed by atoms with E-state index in [-0.39, 0.29) is 71.8 Å². The highest BCUT2D eigenvalue weighted by atomic mass is 32.1. The molecule has 1 aliphatic carbocycles. The number of nitrogens with one attached hydrogen (secondary N) is 1. The van der Waals surface area contributed by atoms with Gasteiger partial charge in [0.25, 0.3) is 5.91 Å². The molecule has 4 aliphatic rings. The van der Waals surface area contributed by atoms with Gasteiger partial charge in [-0.1, -0.05) is 50.2 Å². The number of rotatable bonds is 14. The number of fused-ring (bicyclic) bond motifs is 2. The zero-order valence-electron chi connectivity index (χ0n) is 33.0. The summed E-state index contributed by atoms with van der Waals surface area (Å²) in [6.07, 6.45) is 0.140. The van der Waals surface area contributed by atoms with Crippen molar-refractivity contribution in [2.45, 2.75) is 132 Å². The molecule has 4 fully saturated rings. The van der Waals surface area contributed by atoms with Crippen molar-refractivity contribution in [1.82, 2.24) is 20.0 Å². The highest BCUT2D eigenvalue weighted by molar-refractivity contribution is 7.53. The predicted octanol–water partition coefficient (Wildman–Crippen LogP) is 8.71. The van der Waals surface area contributed by atoms with Crippen LogP contribution in [-0.2, 0) is 18.7 Å². The maximum atomic E-state index is 15.2. The van der Waals surface area contributed by atoms with E-state index in [0.717, 1.165) is 30.6 Å². The van der Waals surface area contributed by atoms with E-state index in [1.807, 2.05) is 34.9 Å². The van der Waals surface area contributed by atoms with Gasteiger partial charge in [-0.05, 0) is 112 Å². The van der Waals surface area contributed by atoms with E-state index in [0.29, 0.717) is 55.3 Å². The molecule has 1 aromatic heterocycles. The van der Waals surface area contributed by atoms with E-state index in [1.165, 1.54) is 17.7 Å². The number of alkyl halides is 4. The molecule has 0 radical (unpaired) electrons. The second-order valence-electron chi connectivity index (χ2n) is 16.5. The van der Waals surface area contributed by atoms with E-state index in [9.17, 15) is 37.0 Å². The molecule has 2 aromatic carbocycles. The van der Waals surface area contributed by atoms with Crippen LogP contribution in [-0.4, -0.2) is 99.4 Å². The predicted molar refractivity (Wildman–Crippen MR) is 214 cm³/mol. The molecular formula is C42H53F4N4O6PS. The summed E-state index contributed by atoms with van der Waals surface area (Å²) in [5, 5.41) is 3.43. The van der Waals surface area contributed by atoms with E-state index >= 15 is 4.39 Å². The molecule has 4 heterocycles. The van der Waals surface area contributed by atoms with E-state index < -0.39 is 44.1 Å². The van der Waals surface area contributed by atoms with Crippen LogP contribution >= 0.6 is 18.9 Å². The Hall–Kier alpha value is -3.36. The number of hydrogen-bond acceptors (Lipinski definition) is 7. The first-order chi connectivity index (χ1) is 27.6. The van der Waals surface area contributed by atoms with Gasteiger partial charge in [-0.15, -0.1) is 11.3 Å². The molecule has 58 heavy (non-hydrogen) atoms. The number of carbonyl (C=O) groups excluding carboxylic acids is 3. The number of thiophene rings is 1. The minimum atomic E-state index is -4.59. The Kier molecular flexibility index (Phi) is 12.8. The zero-order chi connectivity index (χ0) is 41.4. The molecule has 3 saturated heterocycles. The molecule has 1 unspecified atom stereocenters. The van der Waals surface area contributed by atoms with Crippen LogP contribution in [0.25, 0.3) is 10.1 Å². The first-order valence-corrected chi connectivity index (χ1v) is 23.0. The number of halogens is 4. The van der Waals surface area contributed by atoms with Crippen molar-refractivity contribution in [3.63, 3.8) is 0 Å². The summed E-state index contributed by atoms with van der Waals surface area (Å²) < 4.78 is 72.7. The zero-order valence-corrected chi connectivity index (χ0v) is 34.7. The highest BCUT2D eigenvalue weighted by Gasteiger charge is 2.58. The molecule has 10 nitrogen and oxygen atoms in total. The number of likely N-dealkylation sites (tertiary alicyclic amines) is 1. The number of amides is 3. The Morgan fingerprint density at radius 1 is 1.09 bits per heavy atom. The summed E-state index contributed by atoms with van der Waals surface area (Å²) in [7, 11) is -4.59. The minimum Gasteiger partial charge on any atom is -0.340 e. The summed E-state index contributed by atoms with van der Waals surface area (Å²) >= 11 is 1.13. The van der Waals surface area contributed by atoms with Gasteiger partial charge in [0.15, 0.2) is 0 Å². The van der Waals surface area contributed by atoms with Crippen molar-refractivity contribution in [3.05, 3.63) is 70.6 Å². The van der Waals surface area contributed by atoms with Crippen molar-refractivity contribution >= 4 is 46.7 Å². The Morgan fingerprint density at radius 3 is 2.53 bits per heavy atom. The van der Waals surface area contributed by atoms with Gasteiger partial charge >= 0.3 is 13.8 Å². The van der Waals surface area contributed by atoms with Gasteiger partial charge in [-0.2, -0.15) is 13.2 Å². The number of carbonyl (C=O) groups is 3. The fourth-order valence-electron chi connectivity index (χ4n) is 9.48. The third kappa shape index (κ3) is 9.18. The maximum absolute atomic E-state index is 15.2. The van der Waals surface area contributed by atoms with Gasteiger partial charge in [0.2, 0.25) is 17.7 Å². The Labute approximate surface area is 340 Å². The lowest BCUT2D eigenvalue weighted by Gasteiger charge is -2.41. The highest BCUT2D eigenvalue weighted by Crippen LogP contribution is 2.58. The van der Waals surface area contributed by atoms with Gasteiger partial charge in [0, 0.05) is 41.2 Å². The second-order valence-corrected chi connectivity index (χ2v) is 19.4. The summed E-state index contributed by atoms with van der Waals surface area (Å²) in [5.74, 6) is -3.04. The van der Waals surface area contributed by atoms with Crippen molar-refractivity contribution in [1.29, 1.82) is 0 Å². The molecule has 7 rings (SSSR count). The fourth-order valence-corrected chi connectivity index (χ4v) is 11.5. The van der Waals surface area contributed by atoms with Gasteiger partial charge in [0.1, 0.15) is 12.1 Å². The molecule has 0 bridgehead atoms. The summed E-state index contributed by atoms with van der Waals surface area (Å²) in [5.41, 5.74) is 0.894. The van der Waals surface area contributed by atoms with Crippen molar-refractivity contribution in [2.75, 3.05) is 26.2 Å². The monoisotopic (exact) mass is 848 g/mol. The third-order valence-corrected chi connectivity index (χ3v) is 15.1. The van der Waals surface area contributed by atoms with Crippen LogP contribution in [0.1, 0.15) is 117 Å². The van der Waals surface area contributed by atoms with Gasteiger partial charge in [-0.25, -0.2) is 4.39 Å². The lowest BCUT2D eigenvalue weighted by atomic mass is 9.93. The lowest BCUT2D eigenvalue weighted by Crippen LogP contribution is -2.59. The Bertz CT molecular complexity index is 2010. The van der Waals surface area contributed by atoms with Crippen molar-refractivity contribution in [2.24, 2.45) is 0 Å². The van der Waals surface area contributed by atoms with Crippen LogP contribution in [0.2, 0.25) is 0 Å². The number of hydrogen-bond donors (Lipinski definition) is 2. The number of benzene rings is 2. The molecule has 2 N–H and O–H groups in total. The minimum absolute atomic E-state index is 0.0551. The van der Waals surface area contributed by atoms with Crippen molar-refractivity contribution < 1.29 is 45.9 Å². The number of nitrogens with zero attached hydrogens (tertiary/aromatic N) is 3. The molecule has 16 heteroatoms. The summed E-state index contributed by atoms with van der Waals surface area (Å²) in [6.45, 7) is 4.89. The first-order valence-electron chi connectivity index (χ1n) is 20.6. The van der Waals surface area contributed by atoms with Crippen LogP contribution in [0.4, 0.5) is 17.6 Å². The quantitative estimate of drug-likeness (QED) is 0.123. The average Bonchev–Trinajstić information content (AvgIpc) is 3.49. The molecule has 3 aromatic rings. The van der Waals surface area contributed by atoms with Gasteiger partial charge in [0.05, 0.1) is 11.5 Å². The Morgan fingerprint density at radius 2 is 1.84 bits per heavy atom. The van der Waals surface area contributed by atoms with Crippen LogP contribution in [0.3, 0.4) is 0 Å². The molecule has 1 spiro atoms. The standard InChI is InChI=1S/C42H53F4N4O6PS/c1-3-21-56-57(54,55)37(43)28-11-16-35-29(22-28)23-36(58-35)38(51)47-33-14-12-31(48(4-2)20-8-17-42(44,45)46)24-32-13-15-34(50(32)39(33)52)40(53)49-26-30(25-41(49)18-19-41)27-9-6-5-7-10-27/h5-7,9-11,16,22-23,30-34,37H,3-4,8,12-15,17-21,24-26H2,1-2H3,(H,47,51)(H,54,55)/t30-,31+,32-,33+,34+,37+/m1/s1. The smallest absolute Gasteiger partial charge is 0.340 e. The molecule has 3 amide bonds. The van der Waals surface area contributed by atoms with E-state index in [1.54, 1.807) is 24.0 Å². The van der Waals surface area contributed by atoms with Crippen LogP contribution in [0.5, 0.6) is 0 Å². The first kappa shape index (κ1) is 42.8.